The summed E-state index contributed by atoms with van der Waals surface area (Å²) in [6.07, 6.45) is 8.47. The maximum atomic E-state index is 13.1. The van der Waals surface area contributed by atoms with E-state index in [1.165, 1.54) is 6.20 Å². The van der Waals surface area contributed by atoms with Gasteiger partial charge < -0.3 is 4.74 Å². The van der Waals surface area contributed by atoms with Gasteiger partial charge in [-0.25, -0.2) is 23.4 Å². The highest BCUT2D eigenvalue weighted by molar-refractivity contribution is 7.91. The molecule has 0 amide bonds. The van der Waals surface area contributed by atoms with Crippen LogP contribution in [0.5, 0.6) is 5.88 Å². The van der Waals surface area contributed by atoms with Crippen LogP contribution in [-0.2, 0) is 26.8 Å². The molecule has 0 saturated heterocycles. The van der Waals surface area contributed by atoms with E-state index in [-0.39, 0.29) is 35.1 Å². The molecule has 0 bridgehead atoms. The van der Waals surface area contributed by atoms with Crippen LogP contribution in [-0.4, -0.2) is 50.5 Å². The molecule has 35 heavy (non-hydrogen) atoms. The smallest absolute Gasteiger partial charge is 0.233 e. The molecule has 10 heteroatoms. The zero-order valence-corrected chi connectivity index (χ0v) is 20.9. The zero-order valence-electron chi connectivity index (χ0n) is 20.1. The van der Waals surface area contributed by atoms with Gasteiger partial charge in [-0.2, -0.15) is 0 Å². The van der Waals surface area contributed by atoms with E-state index >= 15 is 0 Å². The van der Waals surface area contributed by atoms with Crippen LogP contribution in [0, 0.1) is 0 Å². The van der Waals surface area contributed by atoms with Crippen molar-refractivity contribution in [1.82, 2.24) is 24.9 Å². The van der Waals surface area contributed by atoms with E-state index in [0.717, 1.165) is 5.56 Å². The van der Waals surface area contributed by atoms with E-state index in [9.17, 15) is 13.2 Å². The van der Waals surface area contributed by atoms with E-state index in [1.807, 2.05) is 26.8 Å². The van der Waals surface area contributed by atoms with Gasteiger partial charge in [0.2, 0.25) is 5.88 Å². The van der Waals surface area contributed by atoms with Crippen LogP contribution in [0.25, 0.3) is 11.3 Å². The second-order valence-corrected chi connectivity index (χ2v) is 11.2. The molecule has 1 aliphatic carbocycles. The normalized spacial score (nSPS) is 14.6. The Morgan fingerprint density at radius 3 is 2.54 bits per heavy atom. The molecule has 0 spiro atoms. The number of carbonyl (C=O) groups is 1. The molecule has 0 aliphatic heterocycles. The van der Waals surface area contributed by atoms with Crippen molar-refractivity contribution in [2.24, 2.45) is 0 Å². The minimum Gasteiger partial charge on any atom is -0.474 e. The van der Waals surface area contributed by atoms with Crippen molar-refractivity contribution in [2.45, 2.75) is 69.5 Å². The number of rotatable bonds is 11. The Bertz CT molecular complexity index is 1290. The Labute approximate surface area is 205 Å². The van der Waals surface area contributed by atoms with E-state index < -0.39 is 15.8 Å². The van der Waals surface area contributed by atoms with Gasteiger partial charge in [-0.3, -0.25) is 14.8 Å². The average molecular weight is 496 g/mol. The fraction of sp³-hybridized carbons (Fsp3) is 0.440. The first-order valence-electron chi connectivity index (χ1n) is 11.7. The number of Topliss-reactive ketones (excluding diaryl/α,β-unsaturated/α-hetero) is 1. The Hall–Kier alpha value is -3.27. The number of carbonyl (C=O) groups excluding carboxylic acids is 1. The molecule has 1 saturated carbocycles. The number of sulfone groups is 1. The SMILES string of the molecule is CCC(C(=O)Cc1ccc(-c2cncc(OC(C)C)n2)cn1)c1ccnc(CS(=O)(=O)C2CC2)n1. The Morgan fingerprint density at radius 1 is 1.09 bits per heavy atom. The maximum Gasteiger partial charge on any atom is 0.233 e. The molecule has 0 aromatic carbocycles. The summed E-state index contributed by atoms with van der Waals surface area (Å²) in [7, 11) is -3.23. The summed E-state index contributed by atoms with van der Waals surface area (Å²) in [5.41, 5.74) is 2.58. The predicted molar refractivity (Wildman–Crippen MR) is 130 cm³/mol. The van der Waals surface area contributed by atoms with Crippen molar-refractivity contribution >= 4 is 15.6 Å². The van der Waals surface area contributed by atoms with Gasteiger partial charge in [0.1, 0.15) is 17.4 Å². The molecular formula is C25H29N5O4S. The molecular weight excluding hydrogens is 466 g/mol. The fourth-order valence-electron chi connectivity index (χ4n) is 3.77. The highest BCUT2D eigenvalue weighted by atomic mass is 32.2. The summed E-state index contributed by atoms with van der Waals surface area (Å²) in [5.74, 6) is 0.00241. The lowest BCUT2D eigenvalue weighted by atomic mass is 9.93. The third-order valence-electron chi connectivity index (χ3n) is 5.69. The summed E-state index contributed by atoms with van der Waals surface area (Å²) < 4.78 is 30.2. The monoisotopic (exact) mass is 495 g/mol. The van der Waals surface area contributed by atoms with Gasteiger partial charge in [-0.1, -0.05) is 6.92 Å². The topological polar surface area (TPSA) is 125 Å². The van der Waals surface area contributed by atoms with Crippen LogP contribution in [0.1, 0.15) is 63.2 Å². The molecule has 3 heterocycles. The highest BCUT2D eigenvalue weighted by Crippen LogP contribution is 2.30. The van der Waals surface area contributed by atoms with Crippen molar-refractivity contribution in [1.29, 1.82) is 0 Å². The van der Waals surface area contributed by atoms with Crippen molar-refractivity contribution in [3.8, 4) is 17.1 Å². The molecule has 4 rings (SSSR count). The van der Waals surface area contributed by atoms with Gasteiger partial charge in [-0.05, 0) is 51.3 Å². The Kier molecular flexibility index (Phi) is 7.49. The highest BCUT2D eigenvalue weighted by Gasteiger charge is 2.36. The lowest BCUT2D eigenvalue weighted by molar-refractivity contribution is -0.120. The number of ether oxygens (including phenoxy) is 1. The number of aromatic nitrogens is 5. The molecule has 1 fully saturated rings. The molecule has 9 nitrogen and oxygen atoms in total. The van der Waals surface area contributed by atoms with Crippen LogP contribution >= 0.6 is 0 Å². The Morgan fingerprint density at radius 2 is 1.89 bits per heavy atom. The first-order valence-corrected chi connectivity index (χ1v) is 13.5. The van der Waals surface area contributed by atoms with Gasteiger partial charge in [0.25, 0.3) is 0 Å². The number of hydrogen-bond acceptors (Lipinski definition) is 9. The second kappa shape index (κ2) is 10.6. The van der Waals surface area contributed by atoms with Crippen LogP contribution in [0.3, 0.4) is 0 Å². The number of hydrogen-bond donors (Lipinski definition) is 0. The number of pyridine rings is 1. The molecule has 0 N–H and O–H groups in total. The minimum absolute atomic E-state index is 0.00820. The van der Waals surface area contributed by atoms with Gasteiger partial charge >= 0.3 is 0 Å². The standard InChI is InChI=1S/C25H29N5O4S/c1-4-20(21-9-10-27-24(29-21)15-35(32,33)19-7-8-19)23(31)11-18-6-5-17(12-28-18)22-13-26-14-25(30-22)34-16(2)3/h5-6,9-10,12-14,16,19-20H,4,7-8,11,15H2,1-3H3. The van der Waals surface area contributed by atoms with Crippen molar-refractivity contribution in [3.63, 3.8) is 0 Å². The van der Waals surface area contributed by atoms with E-state index in [0.29, 0.717) is 42.2 Å². The van der Waals surface area contributed by atoms with Gasteiger partial charge in [0, 0.05) is 30.1 Å². The maximum absolute atomic E-state index is 13.1. The second-order valence-electron chi connectivity index (χ2n) is 8.96. The lowest BCUT2D eigenvalue weighted by Gasteiger charge is -2.14. The first kappa shape index (κ1) is 24.8. The first-order chi connectivity index (χ1) is 16.7. The van der Waals surface area contributed by atoms with Crippen LogP contribution < -0.4 is 4.74 Å². The van der Waals surface area contributed by atoms with Crippen LogP contribution in [0.15, 0.2) is 43.0 Å². The van der Waals surface area contributed by atoms with Gasteiger partial charge in [-0.15, -0.1) is 0 Å². The molecule has 184 valence electrons. The number of ketones is 1. The minimum atomic E-state index is -3.23. The average Bonchev–Trinajstić information content (AvgIpc) is 3.66. The fourth-order valence-corrected chi connectivity index (χ4v) is 5.36. The quantitative estimate of drug-likeness (QED) is 0.393. The van der Waals surface area contributed by atoms with Crippen molar-refractivity contribution < 1.29 is 17.9 Å². The molecule has 3 aromatic rings. The Balaban J connectivity index is 1.44. The van der Waals surface area contributed by atoms with Crippen molar-refractivity contribution in [3.05, 3.63) is 60.2 Å². The lowest BCUT2D eigenvalue weighted by Crippen LogP contribution is -2.18. The molecule has 0 radical (unpaired) electrons. The molecule has 1 unspecified atom stereocenters. The molecule has 1 atom stereocenters. The van der Waals surface area contributed by atoms with E-state index in [2.05, 4.69) is 24.9 Å². The predicted octanol–water partition coefficient (Wildman–Crippen LogP) is 3.50. The van der Waals surface area contributed by atoms with Crippen LogP contribution in [0.2, 0.25) is 0 Å². The summed E-state index contributed by atoms with van der Waals surface area (Å²) >= 11 is 0. The number of nitrogens with zero attached hydrogens (tertiary/aromatic N) is 5. The third kappa shape index (κ3) is 6.45. The summed E-state index contributed by atoms with van der Waals surface area (Å²) in [6, 6.07) is 5.33. The zero-order chi connectivity index (χ0) is 25.0. The molecule has 3 aromatic heterocycles. The summed E-state index contributed by atoms with van der Waals surface area (Å²) in [6.45, 7) is 5.75. The largest absolute Gasteiger partial charge is 0.474 e. The van der Waals surface area contributed by atoms with Crippen molar-refractivity contribution in [2.75, 3.05) is 0 Å². The van der Waals surface area contributed by atoms with Crippen LogP contribution in [0.4, 0.5) is 0 Å². The summed E-state index contributed by atoms with van der Waals surface area (Å²) in [4.78, 5) is 34.7. The summed E-state index contributed by atoms with van der Waals surface area (Å²) in [5, 5.41) is -0.274. The van der Waals surface area contributed by atoms with E-state index in [4.69, 9.17) is 4.74 Å². The van der Waals surface area contributed by atoms with Gasteiger partial charge in [0.15, 0.2) is 9.84 Å². The third-order valence-corrected chi connectivity index (χ3v) is 7.84. The molecule has 1 aliphatic rings. The van der Waals surface area contributed by atoms with Gasteiger partial charge in [0.05, 0.1) is 41.1 Å². The van der Waals surface area contributed by atoms with E-state index in [1.54, 1.807) is 30.7 Å².